The van der Waals surface area contributed by atoms with Crippen LogP contribution in [0.3, 0.4) is 0 Å². The van der Waals surface area contributed by atoms with Gasteiger partial charge in [0.15, 0.2) is 0 Å². The molecule has 0 aromatic heterocycles. The number of hydrogen-bond acceptors (Lipinski definition) is 2. The lowest BCUT2D eigenvalue weighted by Gasteiger charge is -2.49. The van der Waals surface area contributed by atoms with Crippen molar-refractivity contribution in [1.82, 2.24) is 0 Å². The highest BCUT2D eigenvalue weighted by Gasteiger charge is 2.55. The van der Waals surface area contributed by atoms with E-state index in [0.717, 1.165) is 12.8 Å². The predicted molar refractivity (Wildman–Crippen MR) is 48.8 cm³/mol. The van der Waals surface area contributed by atoms with Gasteiger partial charge in [0, 0.05) is 0 Å². The molecule has 2 fully saturated rings. The van der Waals surface area contributed by atoms with E-state index >= 15 is 0 Å². The zero-order valence-corrected chi connectivity index (χ0v) is 7.68. The molecular weight excluding hydrogens is 150 g/mol. The Kier molecular flexibility index (Phi) is 1.92. The first-order valence-electron chi connectivity index (χ1n) is 5.15. The van der Waals surface area contributed by atoms with Crippen LogP contribution in [0.25, 0.3) is 0 Å². The molecule has 3 N–H and O–H groups in total. The van der Waals surface area contributed by atoms with Crippen LogP contribution in [-0.2, 0) is 0 Å². The molecule has 0 radical (unpaired) electrons. The SMILES string of the molecule is NCCC1(O)CCCC12CCC2. The molecule has 2 aliphatic carbocycles. The van der Waals surface area contributed by atoms with E-state index in [2.05, 4.69) is 0 Å². The molecule has 2 rings (SSSR count). The van der Waals surface area contributed by atoms with Crippen LogP contribution in [0.15, 0.2) is 0 Å². The highest BCUT2D eigenvalue weighted by atomic mass is 16.3. The molecule has 1 spiro atoms. The third kappa shape index (κ3) is 0.944. The molecule has 0 saturated heterocycles. The van der Waals surface area contributed by atoms with Crippen molar-refractivity contribution in [2.45, 2.75) is 50.5 Å². The third-order valence-corrected chi connectivity index (χ3v) is 4.10. The third-order valence-electron chi connectivity index (χ3n) is 4.10. The van der Waals surface area contributed by atoms with E-state index < -0.39 is 0 Å². The van der Waals surface area contributed by atoms with Crippen molar-refractivity contribution >= 4 is 0 Å². The Morgan fingerprint density at radius 3 is 2.17 bits per heavy atom. The number of rotatable bonds is 2. The summed E-state index contributed by atoms with van der Waals surface area (Å²) in [6.45, 7) is 0.637. The molecule has 0 aliphatic heterocycles. The first kappa shape index (κ1) is 8.52. The highest BCUT2D eigenvalue weighted by Crippen LogP contribution is 2.59. The second-order valence-electron chi connectivity index (χ2n) is 4.56. The fourth-order valence-corrected chi connectivity index (χ4v) is 3.16. The molecule has 2 nitrogen and oxygen atoms in total. The quantitative estimate of drug-likeness (QED) is 0.656. The summed E-state index contributed by atoms with van der Waals surface area (Å²) in [4.78, 5) is 0. The first-order valence-corrected chi connectivity index (χ1v) is 5.15. The van der Waals surface area contributed by atoms with E-state index in [0.29, 0.717) is 12.0 Å². The average Bonchev–Trinajstić information content (AvgIpc) is 2.26. The molecule has 2 saturated carbocycles. The van der Waals surface area contributed by atoms with Crippen molar-refractivity contribution in [3.05, 3.63) is 0 Å². The van der Waals surface area contributed by atoms with Gasteiger partial charge < -0.3 is 10.8 Å². The maximum absolute atomic E-state index is 10.4. The summed E-state index contributed by atoms with van der Waals surface area (Å²) >= 11 is 0. The lowest BCUT2D eigenvalue weighted by molar-refractivity contribution is -0.107. The van der Waals surface area contributed by atoms with Crippen molar-refractivity contribution in [2.75, 3.05) is 6.54 Å². The molecule has 0 amide bonds. The molecule has 1 atom stereocenters. The zero-order chi connectivity index (χ0) is 8.66. The molecule has 70 valence electrons. The van der Waals surface area contributed by atoms with E-state index in [9.17, 15) is 5.11 Å². The monoisotopic (exact) mass is 169 g/mol. The fraction of sp³-hybridized carbons (Fsp3) is 1.00. The molecule has 1 unspecified atom stereocenters. The molecule has 12 heavy (non-hydrogen) atoms. The largest absolute Gasteiger partial charge is 0.389 e. The van der Waals surface area contributed by atoms with Gasteiger partial charge in [-0.25, -0.2) is 0 Å². The molecule has 0 bridgehead atoms. The summed E-state index contributed by atoms with van der Waals surface area (Å²) in [6.07, 6.45) is 8.04. The Balaban J connectivity index is 2.11. The minimum atomic E-state index is -0.389. The molecule has 2 heteroatoms. The number of aliphatic hydroxyl groups is 1. The Hall–Kier alpha value is -0.0800. The second-order valence-corrected chi connectivity index (χ2v) is 4.56. The van der Waals surface area contributed by atoms with Crippen LogP contribution in [0.5, 0.6) is 0 Å². The minimum Gasteiger partial charge on any atom is -0.389 e. The predicted octanol–water partition coefficient (Wildman–Crippen LogP) is 1.42. The zero-order valence-electron chi connectivity index (χ0n) is 7.68. The van der Waals surface area contributed by atoms with Crippen molar-refractivity contribution in [1.29, 1.82) is 0 Å². The van der Waals surface area contributed by atoms with Gasteiger partial charge in [-0.3, -0.25) is 0 Å². The Morgan fingerprint density at radius 2 is 1.67 bits per heavy atom. The van der Waals surface area contributed by atoms with E-state index in [1.54, 1.807) is 0 Å². The molecule has 0 aromatic carbocycles. The van der Waals surface area contributed by atoms with Gasteiger partial charge in [-0.05, 0) is 50.5 Å². The summed E-state index contributed by atoms with van der Waals surface area (Å²) in [5.41, 5.74) is 5.44. The van der Waals surface area contributed by atoms with Crippen LogP contribution in [0.1, 0.15) is 44.9 Å². The Bertz CT molecular complexity index is 177. The molecule has 0 aromatic rings. The van der Waals surface area contributed by atoms with Crippen LogP contribution in [0.4, 0.5) is 0 Å². The van der Waals surface area contributed by atoms with Gasteiger partial charge in [0.2, 0.25) is 0 Å². The number of nitrogens with two attached hydrogens (primary N) is 1. The van der Waals surface area contributed by atoms with Crippen LogP contribution in [-0.4, -0.2) is 17.3 Å². The van der Waals surface area contributed by atoms with Crippen molar-refractivity contribution in [2.24, 2.45) is 11.1 Å². The van der Waals surface area contributed by atoms with Gasteiger partial charge in [-0.2, -0.15) is 0 Å². The molecule has 0 heterocycles. The van der Waals surface area contributed by atoms with E-state index in [1.165, 1.54) is 32.1 Å². The highest BCUT2D eigenvalue weighted by molar-refractivity contribution is 5.07. The van der Waals surface area contributed by atoms with Crippen LogP contribution < -0.4 is 5.73 Å². The van der Waals surface area contributed by atoms with Crippen molar-refractivity contribution < 1.29 is 5.11 Å². The maximum atomic E-state index is 10.4. The Labute approximate surface area is 74.1 Å². The van der Waals surface area contributed by atoms with Crippen molar-refractivity contribution in [3.63, 3.8) is 0 Å². The normalized spacial score (nSPS) is 38.5. The standard InChI is InChI=1S/C10H19NO/c11-8-7-10(12)6-2-5-9(10)3-1-4-9/h12H,1-8,11H2. The van der Waals surface area contributed by atoms with E-state index in [4.69, 9.17) is 5.73 Å². The van der Waals surface area contributed by atoms with Gasteiger partial charge in [0.1, 0.15) is 0 Å². The average molecular weight is 169 g/mol. The Morgan fingerprint density at radius 1 is 1.08 bits per heavy atom. The van der Waals surface area contributed by atoms with E-state index in [1.807, 2.05) is 0 Å². The smallest absolute Gasteiger partial charge is 0.0715 e. The lowest BCUT2D eigenvalue weighted by atomic mass is 9.59. The van der Waals surface area contributed by atoms with Gasteiger partial charge in [0.25, 0.3) is 0 Å². The summed E-state index contributed by atoms with van der Waals surface area (Å²) in [6, 6.07) is 0. The van der Waals surface area contributed by atoms with Gasteiger partial charge in [-0.1, -0.05) is 6.42 Å². The summed E-state index contributed by atoms with van der Waals surface area (Å²) in [5, 5.41) is 10.4. The lowest BCUT2D eigenvalue weighted by Crippen LogP contribution is -2.49. The maximum Gasteiger partial charge on any atom is 0.0715 e. The minimum absolute atomic E-state index is 0.298. The van der Waals surface area contributed by atoms with Crippen molar-refractivity contribution in [3.8, 4) is 0 Å². The van der Waals surface area contributed by atoms with Gasteiger partial charge in [0.05, 0.1) is 5.60 Å². The van der Waals surface area contributed by atoms with Gasteiger partial charge in [-0.15, -0.1) is 0 Å². The summed E-state index contributed by atoms with van der Waals surface area (Å²) in [5.74, 6) is 0. The van der Waals surface area contributed by atoms with Crippen LogP contribution in [0.2, 0.25) is 0 Å². The first-order chi connectivity index (χ1) is 5.72. The van der Waals surface area contributed by atoms with Crippen LogP contribution >= 0.6 is 0 Å². The number of hydrogen-bond donors (Lipinski definition) is 2. The summed E-state index contributed by atoms with van der Waals surface area (Å²) in [7, 11) is 0. The van der Waals surface area contributed by atoms with Crippen LogP contribution in [0, 0.1) is 5.41 Å². The fourth-order valence-electron chi connectivity index (χ4n) is 3.16. The van der Waals surface area contributed by atoms with E-state index in [-0.39, 0.29) is 5.60 Å². The van der Waals surface area contributed by atoms with Gasteiger partial charge >= 0.3 is 0 Å². The molecule has 2 aliphatic rings. The molecular formula is C10H19NO. The topological polar surface area (TPSA) is 46.2 Å². The second kappa shape index (κ2) is 2.71. The summed E-state index contributed by atoms with van der Waals surface area (Å²) < 4.78 is 0.